The smallest absolute Gasteiger partial charge is 0.347 e. The van der Waals surface area contributed by atoms with Crippen molar-refractivity contribution in [2.75, 3.05) is 0 Å². The number of aromatic nitrogens is 1. The lowest BCUT2D eigenvalue weighted by atomic mass is 9.77. The van der Waals surface area contributed by atoms with Gasteiger partial charge in [-0.05, 0) is 31.1 Å². The monoisotopic (exact) mass is 296 g/mol. The number of hydrogen-bond acceptors (Lipinski definition) is 4. The molecule has 1 saturated carbocycles. The molecule has 1 aromatic heterocycles. The second-order valence-corrected chi connectivity index (χ2v) is 7.55. The van der Waals surface area contributed by atoms with E-state index in [4.69, 9.17) is 5.73 Å². The van der Waals surface area contributed by atoms with Crippen LogP contribution in [0.25, 0.3) is 0 Å². The normalized spacial score (nSPS) is 26.9. The van der Waals surface area contributed by atoms with Gasteiger partial charge in [0, 0.05) is 0 Å². The van der Waals surface area contributed by atoms with Crippen molar-refractivity contribution < 1.29 is 9.90 Å². The van der Waals surface area contributed by atoms with E-state index < -0.39 is 11.5 Å². The van der Waals surface area contributed by atoms with E-state index in [1.165, 1.54) is 17.8 Å². The summed E-state index contributed by atoms with van der Waals surface area (Å²) in [7, 11) is 0. The van der Waals surface area contributed by atoms with E-state index in [1.807, 2.05) is 0 Å². The highest BCUT2D eigenvalue weighted by atomic mass is 32.1. The van der Waals surface area contributed by atoms with E-state index >= 15 is 0 Å². The maximum Gasteiger partial charge on any atom is 0.347 e. The average Bonchev–Trinajstić information content (AvgIpc) is 2.72. The predicted molar refractivity (Wildman–Crippen MR) is 81.1 cm³/mol. The molecule has 2 rings (SSSR count). The van der Waals surface area contributed by atoms with Crippen molar-refractivity contribution in [1.82, 2.24) is 4.98 Å². The molecule has 3 N–H and O–H groups in total. The van der Waals surface area contributed by atoms with Crippen LogP contribution in [0, 0.1) is 11.8 Å². The number of thiazole rings is 1. The molecule has 1 aliphatic carbocycles. The Morgan fingerprint density at radius 1 is 1.60 bits per heavy atom. The molecule has 0 aromatic carbocycles. The Bertz CT molecular complexity index is 498. The van der Waals surface area contributed by atoms with Gasteiger partial charge in [0.25, 0.3) is 0 Å². The highest BCUT2D eigenvalue weighted by molar-refractivity contribution is 7.13. The minimum Gasteiger partial charge on any atom is -0.477 e. The van der Waals surface area contributed by atoms with Crippen LogP contribution < -0.4 is 5.73 Å². The van der Waals surface area contributed by atoms with Gasteiger partial charge in [-0.15, -0.1) is 11.3 Å². The van der Waals surface area contributed by atoms with Crippen LogP contribution in [0.2, 0.25) is 0 Å². The first-order valence-corrected chi connectivity index (χ1v) is 8.16. The number of carbonyl (C=O) groups is 1. The molecule has 112 valence electrons. The van der Waals surface area contributed by atoms with Crippen molar-refractivity contribution in [3.05, 3.63) is 15.6 Å². The molecule has 2 unspecified atom stereocenters. The van der Waals surface area contributed by atoms with E-state index in [9.17, 15) is 9.90 Å². The minimum atomic E-state index is -0.878. The quantitative estimate of drug-likeness (QED) is 0.892. The van der Waals surface area contributed by atoms with Crippen molar-refractivity contribution in [3.63, 3.8) is 0 Å². The van der Waals surface area contributed by atoms with Gasteiger partial charge in [-0.2, -0.15) is 0 Å². The summed E-state index contributed by atoms with van der Waals surface area (Å²) in [5.41, 5.74) is 6.81. The van der Waals surface area contributed by atoms with E-state index in [0.29, 0.717) is 28.8 Å². The molecule has 0 aliphatic heterocycles. The van der Waals surface area contributed by atoms with Crippen molar-refractivity contribution in [2.24, 2.45) is 17.6 Å². The SMILES string of the molecule is CC(C)Cc1nc(C2(N)CCCC(C)C2)sc1C(=O)O. The summed E-state index contributed by atoms with van der Waals surface area (Å²) in [4.78, 5) is 16.4. The van der Waals surface area contributed by atoms with Crippen molar-refractivity contribution >= 4 is 17.3 Å². The molecule has 1 aliphatic rings. The maximum absolute atomic E-state index is 11.4. The molecule has 4 nitrogen and oxygen atoms in total. The van der Waals surface area contributed by atoms with Crippen LogP contribution >= 0.6 is 11.3 Å². The van der Waals surface area contributed by atoms with Crippen molar-refractivity contribution in [1.29, 1.82) is 0 Å². The Labute approximate surface area is 124 Å². The topological polar surface area (TPSA) is 76.2 Å². The highest BCUT2D eigenvalue weighted by Crippen LogP contribution is 2.40. The van der Waals surface area contributed by atoms with Crippen LogP contribution in [-0.2, 0) is 12.0 Å². The second-order valence-electron chi connectivity index (χ2n) is 6.56. The number of nitrogens with zero attached hydrogens (tertiary/aromatic N) is 1. The van der Waals surface area contributed by atoms with Crippen LogP contribution in [0.15, 0.2) is 0 Å². The third kappa shape index (κ3) is 3.20. The Morgan fingerprint density at radius 2 is 2.30 bits per heavy atom. The zero-order chi connectivity index (χ0) is 14.9. The average molecular weight is 296 g/mol. The molecule has 0 amide bonds. The third-order valence-corrected chi connectivity index (χ3v) is 5.26. The van der Waals surface area contributed by atoms with Gasteiger partial charge in [0.2, 0.25) is 0 Å². The molecule has 1 aromatic rings. The van der Waals surface area contributed by atoms with Gasteiger partial charge in [-0.1, -0.05) is 33.6 Å². The third-order valence-electron chi connectivity index (χ3n) is 3.95. The molecule has 0 bridgehead atoms. The maximum atomic E-state index is 11.4. The van der Waals surface area contributed by atoms with Gasteiger partial charge >= 0.3 is 5.97 Å². The highest BCUT2D eigenvalue weighted by Gasteiger charge is 2.36. The van der Waals surface area contributed by atoms with Gasteiger partial charge < -0.3 is 10.8 Å². The first kappa shape index (κ1) is 15.4. The lowest BCUT2D eigenvalue weighted by Gasteiger charge is -2.35. The summed E-state index contributed by atoms with van der Waals surface area (Å²) >= 11 is 1.28. The summed E-state index contributed by atoms with van der Waals surface area (Å²) in [6.45, 7) is 6.36. The van der Waals surface area contributed by atoms with E-state index in [-0.39, 0.29) is 0 Å². The number of aromatic carboxylic acids is 1. The molecule has 2 atom stereocenters. The lowest BCUT2D eigenvalue weighted by Crippen LogP contribution is -2.40. The Balaban J connectivity index is 2.34. The second kappa shape index (κ2) is 5.82. The molecular formula is C15H24N2O2S. The van der Waals surface area contributed by atoms with Crippen molar-refractivity contribution in [3.8, 4) is 0 Å². The fraction of sp³-hybridized carbons (Fsp3) is 0.733. The van der Waals surface area contributed by atoms with E-state index in [2.05, 4.69) is 25.8 Å². The number of carboxylic acids is 1. The van der Waals surface area contributed by atoms with Gasteiger partial charge in [0.15, 0.2) is 0 Å². The number of nitrogens with two attached hydrogens (primary N) is 1. The van der Waals surface area contributed by atoms with Gasteiger partial charge in [0.1, 0.15) is 9.88 Å². The summed E-state index contributed by atoms with van der Waals surface area (Å²) in [6.07, 6.45) is 4.81. The molecule has 5 heteroatoms. The van der Waals surface area contributed by atoms with Crippen molar-refractivity contribution in [2.45, 2.75) is 58.4 Å². The summed E-state index contributed by atoms with van der Waals surface area (Å²) < 4.78 is 0. The molecule has 0 radical (unpaired) electrons. The van der Waals surface area contributed by atoms with Crippen LogP contribution in [0.1, 0.15) is 66.8 Å². The minimum absolute atomic E-state index is 0.372. The summed E-state index contributed by atoms with van der Waals surface area (Å²) in [6, 6.07) is 0. The standard InChI is InChI=1S/C15H24N2O2S/c1-9(2)7-11-12(13(18)19)20-14(17-11)15(16)6-4-5-10(3)8-15/h9-10H,4-8,16H2,1-3H3,(H,18,19). The number of carboxylic acid groups (broad SMARTS) is 1. The molecule has 1 fully saturated rings. The van der Waals surface area contributed by atoms with E-state index in [0.717, 1.165) is 24.3 Å². The summed E-state index contributed by atoms with van der Waals surface area (Å²) in [5.74, 6) is 0.0957. The Kier molecular flexibility index (Phi) is 4.49. The first-order chi connectivity index (χ1) is 9.32. The Morgan fingerprint density at radius 3 is 2.85 bits per heavy atom. The summed E-state index contributed by atoms with van der Waals surface area (Å²) in [5, 5.41) is 10.2. The van der Waals surface area contributed by atoms with Gasteiger partial charge in [0.05, 0.1) is 11.2 Å². The molecule has 0 spiro atoms. The molecule has 0 saturated heterocycles. The van der Waals surface area contributed by atoms with Crippen LogP contribution in [0.3, 0.4) is 0 Å². The largest absolute Gasteiger partial charge is 0.477 e. The van der Waals surface area contributed by atoms with Crippen LogP contribution in [-0.4, -0.2) is 16.1 Å². The van der Waals surface area contributed by atoms with Gasteiger partial charge in [-0.3, -0.25) is 0 Å². The zero-order valence-electron chi connectivity index (χ0n) is 12.5. The number of hydrogen-bond donors (Lipinski definition) is 2. The first-order valence-electron chi connectivity index (χ1n) is 7.34. The predicted octanol–water partition coefficient (Wildman–Crippen LogP) is 3.40. The van der Waals surface area contributed by atoms with Crippen LogP contribution in [0.5, 0.6) is 0 Å². The lowest BCUT2D eigenvalue weighted by molar-refractivity contribution is 0.0700. The van der Waals surface area contributed by atoms with Gasteiger partial charge in [-0.25, -0.2) is 9.78 Å². The fourth-order valence-corrected chi connectivity index (χ4v) is 4.11. The molecular weight excluding hydrogens is 272 g/mol. The molecule has 1 heterocycles. The van der Waals surface area contributed by atoms with Crippen LogP contribution in [0.4, 0.5) is 0 Å². The molecule has 20 heavy (non-hydrogen) atoms. The number of rotatable bonds is 4. The fourth-order valence-electron chi connectivity index (χ4n) is 3.04. The van der Waals surface area contributed by atoms with E-state index in [1.54, 1.807) is 0 Å². The Hall–Kier alpha value is -0.940. The zero-order valence-corrected chi connectivity index (χ0v) is 13.3.